The van der Waals surface area contributed by atoms with Crippen molar-refractivity contribution in [2.75, 3.05) is 27.2 Å². The van der Waals surface area contributed by atoms with Crippen LogP contribution in [0, 0.1) is 0 Å². The van der Waals surface area contributed by atoms with Crippen LogP contribution in [0.1, 0.15) is 18.2 Å². The van der Waals surface area contributed by atoms with Gasteiger partial charge in [-0.1, -0.05) is 30.3 Å². The van der Waals surface area contributed by atoms with Gasteiger partial charge in [0.15, 0.2) is 0 Å². The first-order chi connectivity index (χ1) is 13.4. The lowest BCUT2D eigenvalue weighted by atomic mass is 10.1. The molecule has 2 amide bonds. The molecule has 0 aliphatic carbocycles. The van der Waals surface area contributed by atoms with Gasteiger partial charge in [-0.2, -0.15) is 0 Å². The molecule has 0 aliphatic heterocycles. The molecule has 0 radical (unpaired) electrons. The number of hydrogen-bond donors (Lipinski definition) is 2. The molecule has 1 atom stereocenters. The topological polar surface area (TPSA) is 83.6 Å². The first-order valence-corrected chi connectivity index (χ1v) is 9.25. The van der Waals surface area contributed by atoms with Gasteiger partial charge in [0, 0.05) is 32.1 Å². The molecule has 0 saturated heterocycles. The number of nitrogens with zero attached hydrogens (tertiary/aromatic N) is 2. The summed E-state index contributed by atoms with van der Waals surface area (Å²) < 4.78 is 5.72. The Labute approximate surface area is 166 Å². The van der Waals surface area contributed by atoms with Crippen LogP contribution in [-0.2, 0) is 22.6 Å². The molecule has 2 N–H and O–H groups in total. The smallest absolute Gasteiger partial charge is 0.243 e. The van der Waals surface area contributed by atoms with Crippen molar-refractivity contribution in [3.63, 3.8) is 0 Å². The molecule has 0 saturated carbocycles. The van der Waals surface area contributed by atoms with Gasteiger partial charge in [0.2, 0.25) is 11.8 Å². The van der Waals surface area contributed by atoms with E-state index in [-0.39, 0.29) is 11.8 Å². The van der Waals surface area contributed by atoms with E-state index in [9.17, 15) is 9.59 Å². The molecular formula is C21H28N4O3. The fourth-order valence-electron chi connectivity index (χ4n) is 2.55. The third-order valence-electron chi connectivity index (χ3n) is 4.01. The van der Waals surface area contributed by atoms with Crippen molar-refractivity contribution in [3.05, 3.63) is 59.9 Å². The Bertz CT molecular complexity index is 748. The zero-order chi connectivity index (χ0) is 20.4. The van der Waals surface area contributed by atoms with Crippen molar-refractivity contribution in [2.45, 2.75) is 26.0 Å². The number of ether oxygens (including phenoxy) is 1. The highest BCUT2D eigenvalue weighted by Gasteiger charge is 2.20. The average molecular weight is 384 g/mol. The third-order valence-corrected chi connectivity index (χ3v) is 4.01. The molecule has 0 aliphatic rings. The van der Waals surface area contributed by atoms with Crippen molar-refractivity contribution in [3.8, 4) is 5.75 Å². The van der Waals surface area contributed by atoms with Crippen LogP contribution in [0.4, 0.5) is 0 Å². The summed E-state index contributed by atoms with van der Waals surface area (Å²) >= 11 is 0. The van der Waals surface area contributed by atoms with Crippen LogP contribution in [0.15, 0.2) is 48.7 Å². The summed E-state index contributed by atoms with van der Waals surface area (Å²) in [5, 5.41) is 5.53. The van der Waals surface area contributed by atoms with E-state index in [1.165, 1.54) is 6.92 Å². The van der Waals surface area contributed by atoms with Gasteiger partial charge in [-0.15, -0.1) is 0 Å². The maximum absolute atomic E-state index is 12.4. The maximum atomic E-state index is 12.4. The summed E-state index contributed by atoms with van der Waals surface area (Å²) in [5.41, 5.74) is 1.78. The highest BCUT2D eigenvalue weighted by Crippen LogP contribution is 2.13. The molecule has 28 heavy (non-hydrogen) atoms. The van der Waals surface area contributed by atoms with E-state index in [2.05, 4.69) is 15.6 Å². The van der Waals surface area contributed by atoms with Crippen LogP contribution >= 0.6 is 0 Å². The van der Waals surface area contributed by atoms with Gasteiger partial charge < -0.3 is 20.3 Å². The number of carbonyl (C=O) groups excluding carboxylic acids is 2. The normalized spacial score (nSPS) is 11.7. The summed E-state index contributed by atoms with van der Waals surface area (Å²) in [7, 11) is 3.87. The monoisotopic (exact) mass is 384 g/mol. The number of aromatic nitrogens is 1. The zero-order valence-electron chi connectivity index (χ0n) is 16.6. The Morgan fingerprint density at radius 2 is 1.89 bits per heavy atom. The van der Waals surface area contributed by atoms with E-state index >= 15 is 0 Å². The van der Waals surface area contributed by atoms with Crippen LogP contribution < -0.4 is 15.4 Å². The summed E-state index contributed by atoms with van der Waals surface area (Å²) in [6.45, 7) is 3.10. The van der Waals surface area contributed by atoms with E-state index in [0.29, 0.717) is 31.0 Å². The minimum atomic E-state index is -0.664. The molecule has 2 rings (SSSR count). The largest absolute Gasteiger partial charge is 0.487 e. The van der Waals surface area contributed by atoms with Crippen LogP contribution in [0.3, 0.4) is 0 Å². The fourth-order valence-corrected chi connectivity index (χ4v) is 2.55. The second kappa shape index (κ2) is 11.0. The summed E-state index contributed by atoms with van der Waals surface area (Å²) in [6.07, 6.45) is 1.94. The third kappa shape index (κ3) is 7.75. The first-order valence-electron chi connectivity index (χ1n) is 9.25. The molecule has 1 heterocycles. The predicted molar refractivity (Wildman–Crippen MR) is 108 cm³/mol. The average Bonchev–Trinajstić information content (AvgIpc) is 2.67. The number of nitrogens with one attached hydrogen (secondary N) is 2. The lowest BCUT2D eigenvalue weighted by Crippen LogP contribution is -2.48. The highest BCUT2D eigenvalue weighted by molar-refractivity contribution is 5.87. The van der Waals surface area contributed by atoms with Crippen LogP contribution in [0.2, 0.25) is 0 Å². The Balaban J connectivity index is 1.91. The van der Waals surface area contributed by atoms with Crippen LogP contribution in [0.25, 0.3) is 0 Å². The fraction of sp³-hybridized carbons (Fsp3) is 0.381. The molecule has 0 fully saturated rings. The molecule has 1 aromatic carbocycles. The summed E-state index contributed by atoms with van der Waals surface area (Å²) in [5.74, 6) is 0.179. The number of likely N-dealkylation sites (N-methyl/N-ethyl adjacent to an activating group) is 1. The van der Waals surface area contributed by atoms with Crippen molar-refractivity contribution in [2.24, 2.45) is 0 Å². The molecule has 0 bridgehead atoms. The minimum absolute atomic E-state index is 0.219. The van der Waals surface area contributed by atoms with E-state index in [0.717, 1.165) is 12.1 Å². The van der Waals surface area contributed by atoms with Crippen LogP contribution in [0.5, 0.6) is 5.75 Å². The van der Waals surface area contributed by atoms with Gasteiger partial charge in [-0.05, 0) is 31.8 Å². The Hall–Kier alpha value is -2.93. The van der Waals surface area contributed by atoms with E-state index in [4.69, 9.17) is 4.74 Å². The highest BCUT2D eigenvalue weighted by atomic mass is 16.5. The molecule has 7 heteroatoms. The minimum Gasteiger partial charge on any atom is -0.487 e. The molecular weight excluding hydrogens is 356 g/mol. The zero-order valence-corrected chi connectivity index (χ0v) is 16.6. The summed E-state index contributed by atoms with van der Waals surface area (Å²) in [6, 6.07) is 12.8. The lowest BCUT2D eigenvalue weighted by molar-refractivity contribution is -0.128. The van der Waals surface area contributed by atoms with E-state index in [1.807, 2.05) is 61.5 Å². The first kappa shape index (κ1) is 21.4. The molecule has 7 nitrogen and oxygen atoms in total. The van der Waals surface area contributed by atoms with Crippen molar-refractivity contribution < 1.29 is 14.3 Å². The molecule has 150 valence electrons. The van der Waals surface area contributed by atoms with E-state index in [1.54, 1.807) is 6.20 Å². The number of rotatable bonds is 10. The SMILES string of the molecule is CC(=O)NC(Cc1ccc(OCc2ccccc2)cn1)C(=O)NCCN(C)C. The number of benzene rings is 1. The Kier molecular flexibility index (Phi) is 8.42. The molecule has 0 spiro atoms. The van der Waals surface area contributed by atoms with Gasteiger partial charge in [0.05, 0.1) is 6.20 Å². The van der Waals surface area contributed by atoms with Crippen molar-refractivity contribution in [1.82, 2.24) is 20.5 Å². The summed E-state index contributed by atoms with van der Waals surface area (Å²) in [4.78, 5) is 30.2. The van der Waals surface area contributed by atoms with Gasteiger partial charge >= 0.3 is 0 Å². The molecule has 2 aromatic rings. The number of pyridine rings is 1. The van der Waals surface area contributed by atoms with E-state index < -0.39 is 6.04 Å². The quantitative estimate of drug-likeness (QED) is 0.647. The van der Waals surface area contributed by atoms with Crippen LogP contribution in [-0.4, -0.2) is 54.9 Å². The number of amides is 2. The lowest BCUT2D eigenvalue weighted by Gasteiger charge is -2.18. The number of carbonyl (C=O) groups is 2. The van der Waals surface area contributed by atoms with Gasteiger partial charge in [-0.25, -0.2) is 0 Å². The van der Waals surface area contributed by atoms with Gasteiger partial charge in [0.1, 0.15) is 18.4 Å². The van der Waals surface area contributed by atoms with Crippen molar-refractivity contribution in [1.29, 1.82) is 0 Å². The Morgan fingerprint density at radius 1 is 1.14 bits per heavy atom. The standard InChI is InChI=1S/C21H28N4O3/c1-16(26)24-20(21(27)22-11-12-25(2)3)13-18-9-10-19(14-23-18)28-15-17-7-5-4-6-8-17/h4-10,14,20H,11-13,15H2,1-3H3,(H,22,27)(H,24,26). The predicted octanol–water partition coefficient (Wildman–Crippen LogP) is 1.39. The molecule has 1 aromatic heterocycles. The number of hydrogen-bond acceptors (Lipinski definition) is 5. The maximum Gasteiger partial charge on any atom is 0.243 e. The second-order valence-electron chi connectivity index (χ2n) is 6.81. The Morgan fingerprint density at radius 3 is 2.50 bits per heavy atom. The molecule has 1 unspecified atom stereocenters. The van der Waals surface area contributed by atoms with Crippen molar-refractivity contribution >= 4 is 11.8 Å². The van der Waals surface area contributed by atoms with Gasteiger partial charge in [-0.3, -0.25) is 14.6 Å². The van der Waals surface area contributed by atoms with Gasteiger partial charge in [0.25, 0.3) is 0 Å². The second-order valence-corrected chi connectivity index (χ2v) is 6.81.